The molecular weight excluding hydrogens is 240 g/mol. The summed E-state index contributed by atoms with van der Waals surface area (Å²) >= 11 is 0. The normalized spacial score (nSPS) is 17.8. The van der Waals surface area contributed by atoms with E-state index < -0.39 is 11.9 Å². The van der Waals surface area contributed by atoms with E-state index in [0.717, 1.165) is 5.56 Å². The van der Waals surface area contributed by atoms with Gasteiger partial charge in [0.15, 0.2) is 5.78 Å². The lowest BCUT2D eigenvalue weighted by molar-refractivity contribution is -0.137. The van der Waals surface area contributed by atoms with Crippen LogP contribution in [0.4, 0.5) is 0 Å². The number of esters is 1. The second-order valence-corrected chi connectivity index (χ2v) is 4.52. The van der Waals surface area contributed by atoms with Crippen molar-refractivity contribution < 1.29 is 14.3 Å². The molecule has 3 nitrogen and oxygen atoms in total. The minimum absolute atomic E-state index is 0.157. The lowest BCUT2D eigenvalue weighted by atomic mass is 9.89. The van der Waals surface area contributed by atoms with Gasteiger partial charge in [0.25, 0.3) is 0 Å². The maximum atomic E-state index is 12.3. The predicted octanol–water partition coefficient (Wildman–Crippen LogP) is 2.65. The van der Waals surface area contributed by atoms with Gasteiger partial charge in [0.05, 0.1) is 5.56 Å². The highest BCUT2D eigenvalue weighted by atomic mass is 16.5. The highest BCUT2D eigenvalue weighted by molar-refractivity contribution is 6.13. The van der Waals surface area contributed by atoms with Gasteiger partial charge in [-0.3, -0.25) is 9.59 Å². The van der Waals surface area contributed by atoms with Gasteiger partial charge < -0.3 is 4.74 Å². The molecule has 0 spiro atoms. The Morgan fingerprint density at radius 2 is 1.58 bits per heavy atom. The van der Waals surface area contributed by atoms with Crippen molar-refractivity contribution >= 4 is 11.8 Å². The van der Waals surface area contributed by atoms with Gasteiger partial charge in [-0.25, -0.2) is 0 Å². The highest BCUT2D eigenvalue weighted by Crippen LogP contribution is 2.29. The van der Waals surface area contributed by atoms with E-state index >= 15 is 0 Å². The first kappa shape index (κ1) is 11.7. The molecule has 3 heteroatoms. The number of carbonyl (C=O) groups excluding carboxylic acids is 2. The van der Waals surface area contributed by atoms with Crippen LogP contribution in [0.1, 0.15) is 15.9 Å². The molecule has 2 aromatic carbocycles. The zero-order valence-electron chi connectivity index (χ0n) is 10.2. The van der Waals surface area contributed by atoms with Crippen LogP contribution < -0.4 is 4.74 Å². The molecule has 0 radical (unpaired) electrons. The van der Waals surface area contributed by atoms with Crippen molar-refractivity contribution in [1.29, 1.82) is 0 Å². The Labute approximate surface area is 110 Å². The molecule has 3 rings (SSSR count). The van der Waals surface area contributed by atoms with Crippen molar-refractivity contribution in [1.82, 2.24) is 0 Å². The SMILES string of the molecule is O=C1Oc2ccccc2C(=O)C1Cc1ccccc1. The number of carbonyl (C=O) groups is 2. The number of benzene rings is 2. The van der Waals surface area contributed by atoms with Crippen LogP contribution in [0.5, 0.6) is 5.75 Å². The first-order chi connectivity index (χ1) is 9.25. The van der Waals surface area contributed by atoms with Crippen molar-refractivity contribution in [3.63, 3.8) is 0 Å². The molecule has 0 bridgehead atoms. The summed E-state index contributed by atoms with van der Waals surface area (Å²) < 4.78 is 5.23. The van der Waals surface area contributed by atoms with Crippen LogP contribution in [0, 0.1) is 5.92 Å². The van der Waals surface area contributed by atoms with E-state index in [2.05, 4.69) is 0 Å². The average molecular weight is 252 g/mol. The van der Waals surface area contributed by atoms with Gasteiger partial charge in [-0.15, -0.1) is 0 Å². The summed E-state index contributed by atoms with van der Waals surface area (Å²) in [5.74, 6) is -0.998. The maximum absolute atomic E-state index is 12.3. The number of hydrogen-bond donors (Lipinski definition) is 0. The second-order valence-electron chi connectivity index (χ2n) is 4.52. The first-order valence-electron chi connectivity index (χ1n) is 6.14. The minimum atomic E-state index is -0.739. The quantitative estimate of drug-likeness (QED) is 0.469. The molecule has 19 heavy (non-hydrogen) atoms. The molecule has 0 aliphatic carbocycles. The number of fused-ring (bicyclic) bond motifs is 1. The number of hydrogen-bond acceptors (Lipinski definition) is 3. The van der Waals surface area contributed by atoms with Crippen molar-refractivity contribution in [2.75, 3.05) is 0 Å². The van der Waals surface area contributed by atoms with E-state index in [1.54, 1.807) is 24.3 Å². The Balaban J connectivity index is 1.92. The minimum Gasteiger partial charge on any atom is -0.425 e. The van der Waals surface area contributed by atoms with E-state index in [-0.39, 0.29) is 5.78 Å². The maximum Gasteiger partial charge on any atom is 0.322 e. The Hall–Kier alpha value is -2.42. The number of ether oxygens (including phenoxy) is 1. The molecular formula is C16H12O3. The van der Waals surface area contributed by atoms with Crippen LogP contribution in [0.2, 0.25) is 0 Å². The van der Waals surface area contributed by atoms with Gasteiger partial charge in [-0.05, 0) is 24.1 Å². The van der Waals surface area contributed by atoms with Gasteiger partial charge >= 0.3 is 5.97 Å². The largest absolute Gasteiger partial charge is 0.425 e. The molecule has 0 aromatic heterocycles. The fraction of sp³-hybridized carbons (Fsp3) is 0.125. The summed E-state index contributed by atoms with van der Waals surface area (Å²) in [6, 6.07) is 16.4. The lowest BCUT2D eigenvalue weighted by Crippen LogP contribution is -2.34. The molecule has 2 aromatic rings. The van der Waals surface area contributed by atoms with Gasteiger partial charge in [-0.1, -0.05) is 42.5 Å². The molecule has 1 aliphatic heterocycles. The zero-order chi connectivity index (χ0) is 13.2. The lowest BCUT2D eigenvalue weighted by Gasteiger charge is -2.21. The predicted molar refractivity (Wildman–Crippen MR) is 70.0 cm³/mol. The second kappa shape index (κ2) is 4.69. The average Bonchev–Trinajstić information content (AvgIpc) is 2.45. The van der Waals surface area contributed by atoms with Crippen LogP contribution >= 0.6 is 0 Å². The summed E-state index contributed by atoms with van der Waals surface area (Å²) in [7, 11) is 0. The molecule has 94 valence electrons. The summed E-state index contributed by atoms with van der Waals surface area (Å²) in [6.07, 6.45) is 0.382. The number of rotatable bonds is 2. The Morgan fingerprint density at radius 1 is 0.895 bits per heavy atom. The number of Topliss-reactive ketones (excluding diaryl/α,β-unsaturated/α-hetero) is 1. The van der Waals surface area contributed by atoms with Gasteiger partial charge in [-0.2, -0.15) is 0 Å². The van der Waals surface area contributed by atoms with Gasteiger partial charge in [0.2, 0.25) is 0 Å². The third-order valence-electron chi connectivity index (χ3n) is 3.25. The van der Waals surface area contributed by atoms with E-state index in [0.29, 0.717) is 17.7 Å². The first-order valence-corrected chi connectivity index (χ1v) is 6.14. The monoisotopic (exact) mass is 252 g/mol. The number of para-hydroxylation sites is 1. The Bertz CT molecular complexity index is 631. The van der Waals surface area contributed by atoms with Crippen molar-refractivity contribution in [3.05, 3.63) is 65.7 Å². The van der Waals surface area contributed by atoms with Crippen molar-refractivity contribution in [3.8, 4) is 5.75 Å². The number of ketones is 1. The van der Waals surface area contributed by atoms with Gasteiger partial charge in [0, 0.05) is 0 Å². The standard InChI is InChI=1S/C16H12O3/c17-15-12-8-4-5-9-14(12)19-16(18)13(15)10-11-6-2-1-3-7-11/h1-9,13H,10H2. The Kier molecular flexibility index (Phi) is 2.88. The molecule has 0 saturated heterocycles. The fourth-order valence-electron chi connectivity index (χ4n) is 2.26. The molecule has 0 amide bonds. The van der Waals surface area contributed by atoms with Gasteiger partial charge in [0.1, 0.15) is 11.7 Å². The van der Waals surface area contributed by atoms with Crippen LogP contribution in [-0.4, -0.2) is 11.8 Å². The van der Waals surface area contributed by atoms with Crippen LogP contribution in [0.25, 0.3) is 0 Å². The third kappa shape index (κ3) is 2.15. The van der Waals surface area contributed by atoms with E-state index in [1.807, 2.05) is 30.3 Å². The fourth-order valence-corrected chi connectivity index (χ4v) is 2.26. The highest BCUT2D eigenvalue weighted by Gasteiger charge is 2.35. The summed E-state index contributed by atoms with van der Waals surface area (Å²) in [5.41, 5.74) is 1.44. The summed E-state index contributed by atoms with van der Waals surface area (Å²) in [6.45, 7) is 0. The zero-order valence-corrected chi connectivity index (χ0v) is 10.2. The van der Waals surface area contributed by atoms with E-state index in [4.69, 9.17) is 4.74 Å². The topological polar surface area (TPSA) is 43.4 Å². The molecule has 0 fully saturated rings. The van der Waals surface area contributed by atoms with Crippen molar-refractivity contribution in [2.45, 2.75) is 6.42 Å². The van der Waals surface area contributed by atoms with Crippen LogP contribution in [0.3, 0.4) is 0 Å². The van der Waals surface area contributed by atoms with Crippen LogP contribution in [0.15, 0.2) is 54.6 Å². The third-order valence-corrected chi connectivity index (χ3v) is 3.25. The van der Waals surface area contributed by atoms with Crippen molar-refractivity contribution in [2.24, 2.45) is 5.92 Å². The van der Waals surface area contributed by atoms with Crippen LogP contribution in [-0.2, 0) is 11.2 Å². The van der Waals surface area contributed by atoms with E-state index in [9.17, 15) is 9.59 Å². The summed E-state index contributed by atoms with van der Waals surface area (Å²) in [5, 5.41) is 0. The molecule has 1 heterocycles. The molecule has 1 aliphatic rings. The molecule has 1 unspecified atom stereocenters. The molecule has 0 N–H and O–H groups in total. The smallest absolute Gasteiger partial charge is 0.322 e. The molecule has 1 atom stereocenters. The molecule has 0 saturated carbocycles. The van der Waals surface area contributed by atoms with E-state index in [1.165, 1.54) is 0 Å². The summed E-state index contributed by atoms with van der Waals surface area (Å²) in [4.78, 5) is 24.3. The Morgan fingerprint density at radius 3 is 2.37 bits per heavy atom.